The molecule has 0 fully saturated rings. The number of amides is 1. The highest BCUT2D eigenvalue weighted by molar-refractivity contribution is 9.10. The van der Waals surface area contributed by atoms with Crippen LogP contribution in [-0.2, 0) is 4.79 Å². The number of hydrogen-bond donors (Lipinski definition) is 1. The van der Waals surface area contributed by atoms with Crippen LogP contribution in [0, 0.1) is 6.92 Å². The lowest BCUT2D eigenvalue weighted by Crippen LogP contribution is -2.31. The molecule has 1 rings (SSSR count). The highest BCUT2D eigenvalue weighted by Crippen LogP contribution is 2.30. The number of nitrogens with one attached hydrogen (secondary N) is 1. The Hall–Kier alpha value is -0.250. The fraction of sp³-hybridized carbons (Fsp3) is 0.364. The van der Waals surface area contributed by atoms with E-state index in [9.17, 15) is 4.79 Å². The molecule has 1 aromatic carbocycles. The van der Waals surface area contributed by atoms with Crippen molar-refractivity contribution in [3.05, 3.63) is 27.7 Å². The Morgan fingerprint density at radius 1 is 1.31 bits per heavy atom. The van der Waals surface area contributed by atoms with Crippen LogP contribution in [0.1, 0.15) is 19.4 Å². The summed E-state index contributed by atoms with van der Waals surface area (Å²) in [6, 6.07) is 3.37. The minimum absolute atomic E-state index is 0.172. The molecule has 0 aromatic heterocycles. The molecule has 0 atom stereocenters. The zero-order valence-electron chi connectivity index (χ0n) is 9.20. The first kappa shape index (κ1) is 13.8. The molecule has 2 nitrogen and oxygen atoms in total. The first-order chi connectivity index (χ1) is 7.21. The summed E-state index contributed by atoms with van der Waals surface area (Å²) in [6.07, 6.45) is 0. The van der Waals surface area contributed by atoms with Gasteiger partial charge in [-0.1, -0.05) is 39.1 Å². The number of alkyl halides is 1. The molecule has 0 saturated carbocycles. The molecule has 0 spiro atoms. The Kier molecular flexibility index (Phi) is 4.27. The maximum atomic E-state index is 11.7. The Bertz CT molecular complexity index is 427. The number of rotatable bonds is 2. The molecule has 5 heteroatoms. The Morgan fingerprint density at radius 2 is 1.88 bits per heavy atom. The second kappa shape index (κ2) is 4.94. The molecule has 16 heavy (non-hydrogen) atoms. The molecular formula is C11H12BrCl2NO. The minimum Gasteiger partial charge on any atom is -0.324 e. The molecule has 0 aliphatic carbocycles. The second-order valence-electron chi connectivity index (χ2n) is 4.01. The number of benzene rings is 1. The standard InChI is InChI=1S/C11H12BrCl2NO/c1-6-4-8(14)9(5-7(6)13)15-10(16)11(2,3)12/h4-5H,1-3H3,(H,15,16). The van der Waals surface area contributed by atoms with Crippen molar-refractivity contribution >= 4 is 50.7 Å². The van der Waals surface area contributed by atoms with Gasteiger partial charge in [-0.2, -0.15) is 0 Å². The van der Waals surface area contributed by atoms with Crippen LogP contribution in [0.4, 0.5) is 5.69 Å². The van der Waals surface area contributed by atoms with Crippen molar-refractivity contribution in [1.29, 1.82) is 0 Å². The van der Waals surface area contributed by atoms with E-state index >= 15 is 0 Å². The number of aryl methyl sites for hydroxylation is 1. The number of halogens is 3. The van der Waals surface area contributed by atoms with E-state index < -0.39 is 4.32 Å². The number of carbonyl (C=O) groups is 1. The molecule has 1 aromatic rings. The lowest BCUT2D eigenvalue weighted by atomic mass is 10.2. The normalized spacial score (nSPS) is 11.4. The Labute approximate surface area is 113 Å². The van der Waals surface area contributed by atoms with E-state index in [0.717, 1.165) is 5.56 Å². The van der Waals surface area contributed by atoms with E-state index in [1.165, 1.54) is 0 Å². The smallest absolute Gasteiger partial charge is 0.240 e. The summed E-state index contributed by atoms with van der Waals surface area (Å²) in [5, 5.41) is 3.77. The number of anilines is 1. The molecule has 1 N–H and O–H groups in total. The van der Waals surface area contributed by atoms with Crippen molar-refractivity contribution in [2.45, 2.75) is 25.1 Å². The van der Waals surface area contributed by atoms with Gasteiger partial charge in [0.1, 0.15) is 0 Å². The van der Waals surface area contributed by atoms with Crippen LogP contribution in [0.2, 0.25) is 10.0 Å². The van der Waals surface area contributed by atoms with E-state index in [1.54, 1.807) is 26.0 Å². The van der Waals surface area contributed by atoms with E-state index in [-0.39, 0.29) is 5.91 Å². The van der Waals surface area contributed by atoms with E-state index in [1.807, 2.05) is 6.92 Å². The lowest BCUT2D eigenvalue weighted by molar-refractivity contribution is -0.117. The van der Waals surface area contributed by atoms with Gasteiger partial charge in [-0.05, 0) is 38.5 Å². The maximum absolute atomic E-state index is 11.7. The average molecular weight is 325 g/mol. The van der Waals surface area contributed by atoms with Gasteiger partial charge < -0.3 is 5.32 Å². The van der Waals surface area contributed by atoms with Crippen LogP contribution >= 0.6 is 39.1 Å². The van der Waals surface area contributed by atoms with Crippen LogP contribution in [0.25, 0.3) is 0 Å². The summed E-state index contributed by atoms with van der Waals surface area (Å²) in [5.41, 5.74) is 1.40. The molecular weight excluding hydrogens is 313 g/mol. The zero-order valence-corrected chi connectivity index (χ0v) is 12.3. The molecule has 1 amide bonds. The topological polar surface area (TPSA) is 29.1 Å². The van der Waals surface area contributed by atoms with E-state index in [2.05, 4.69) is 21.2 Å². The zero-order chi connectivity index (χ0) is 12.5. The van der Waals surface area contributed by atoms with Crippen molar-refractivity contribution in [1.82, 2.24) is 0 Å². The van der Waals surface area contributed by atoms with Crippen molar-refractivity contribution in [2.75, 3.05) is 5.32 Å². The highest BCUT2D eigenvalue weighted by atomic mass is 79.9. The summed E-state index contributed by atoms with van der Waals surface area (Å²) in [7, 11) is 0. The van der Waals surface area contributed by atoms with Crippen molar-refractivity contribution in [2.24, 2.45) is 0 Å². The summed E-state index contributed by atoms with van der Waals surface area (Å²) in [6.45, 7) is 5.37. The van der Waals surface area contributed by atoms with Gasteiger partial charge in [0.2, 0.25) is 5.91 Å². The molecule has 0 unspecified atom stereocenters. The minimum atomic E-state index is -0.645. The van der Waals surface area contributed by atoms with E-state index in [0.29, 0.717) is 15.7 Å². The van der Waals surface area contributed by atoms with Gasteiger partial charge in [-0.3, -0.25) is 4.79 Å². The molecule has 0 heterocycles. The fourth-order valence-electron chi connectivity index (χ4n) is 1.01. The average Bonchev–Trinajstić information content (AvgIpc) is 2.12. The SMILES string of the molecule is Cc1cc(Cl)c(NC(=O)C(C)(C)Br)cc1Cl. The predicted molar refractivity (Wildman–Crippen MR) is 72.8 cm³/mol. The molecule has 0 bridgehead atoms. The third kappa shape index (κ3) is 3.37. The monoisotopic (exact) mass is 323 g/mol. The summed E-state index contributed by atoms with van der Waals surface area (Å²) >= 11 is 15.2. The Morgan fingerprint density at radius 3 is 2.38 bits per heavy atom. The summed E-state index contributed by atoms with van der Waals surface area (Å²) in [5.74, 6) is -0.172. The van der Waals surface area contributed by atoms with Crippen molar-refractivity contribution in [3.8, 4) is 0 Å². The summed E-state index contributed by atoms with van der Waals surface area (Å²) < 4.78 is -0.645. The molecule has 0 aliphatic heterocycles. The van der Waals surface area contributed by atoms with Gasteiger partial charge in [0.25, 0.3) is 0 Å². The van der Waals surface area contributed by atoms with E-state index in [4.69, 9.17) is 23.2 Å². The highest BCUT2D eigenvalue weighted by Gasteiger charge is 2.24. The van der Waals surface area contributed by atoms with Crippen LogP contribution < -0.4 is 5.32 Å². The lowest BCUT2D eigenvalue weighted by Gasteiger charge is -2.17. The Balaban J connectivity index is 2.99. The molecule has 0 radical (unpaired) electrons. The van der Waals surface area contributed by atoms with Gasteiger partial charge in [0.15, 0.2) is 0 Å². The first-order valence-corrected chi connectivity index (χ1v) is 6.22. The molecule has 0 saturated heterocycles. The second-order valence-corrected chi connectivity index (χ2v) is 6.80. The molecule has 88 valence electrons. The number of carbonyl (C=O) groups excluding carboxylic acids is 1. The largest absolute Gasteiger partial charge is 0.324 e. The third-order valence-electron chi connectivity index (χ3n) is 2.04. The van der Waals surface area contributed by atoms with Crippen molar-refractivity contribution < 1.29 is 4.79 Å². The van der Waals surface area contributed by atoms with Gasteiger partial charge in [-0.25, -0.2) is 0 Å². The van der Waals surface area contributed by atoms with Crippen LogP contribution in [0.5, 0.6) is 0 Å². The van der Waals surface area contributed by atoms with Crippen molar-refractivity contribution in [3.63, 3.8) is 0 Å². The summed E-state index contributed by atoms with van der Waals surface area (Å²) in [4.78, 5) is 11.7. The van der Waals surface area contributed by atoms with Crippen LogP contribution in [0.15, 0.2) is 12.1 Å². The quantitative estimate of drug-likeness (QED) is 0.802. The maximum Gasteiger partial charge on any atom is 0.240 e. The van der Waals surface area contributed by atoms with Gasteiger partial charge in [0.05, 0.1) is 15.0 Å². The molecule has 0 aliphatic rings. The van der Waals surface area contributed by atoms with Gasteiger partial charge >= 0.3 is 0 Å². The third-order valence-corrected chi connectivity index (χ3v) is 3.12. The predicted octanol–water partition coefficient (Wildman–Crippen LogP) is 4.41. The van der Waals surface area contributed by atoms with Gasteiger partial charge in [0, 0.05) is 5.02 Å². The van der Waals surface area contributed by atoms with Crippen LogP contribution in [0.3, 0.4) is 0 Å². The van der Waals surface area contributed by atoms with Gasteiger partial charge in [-0.15, -0.1) is 0 Å². The fourth-order valence-corrected chi connectivity index (χ4v) is 1.54. The first-order valence-electron chi connectivity index (χ1n) is 4.68. The number of hydrogen-bond acceptors (Lipinski definition) is 1. The van der Waals surface area contributed by atoms with Crippen LogP contribution in [-0.4, -0.2) is 10.2 Å².